The highest BCUT2D eigenvalue weighted by Gasteiger charge is 2.09. The number of hydrogen-bond donors (Lipinski definition) is 1. The van der Waals surface area contributed by atoms with Crippen molar-refractivity contribution in [3.05, 3.63) is 78.4 Å². The van der Waals surface area contributed by atoms with Crippen LogP contribution in [0.3, 0.4) is 0 Å². The van der Waals surface area contributed by atoms with E-state index in [0.717, 1.165) is 12.1 Å². The molecule has 4 rings (SSSR count). The highest BCUT2D eigenvalue weighted by molar-refractivity contribution is 6.09. The minimum atomic E-state index is -0.302. The lowest BCUT2D eigenvalue weighted by atomic mass is 10.1. The van der Waals surface area contributed by atoms with Crippen LogP contribution in [0.15, 0.2) is 77.9 Å². The SMILES string of the molecule is CCn1c2ccccc2c2cc(/C=N\NC(=O)COc3ccccc3)ccc21. The number of aryl methyl sites for hydroxylation is 1. The van der Waals surface area contributed by atoms with Gasteiger partial charge in [0.25, 0.3) is 5.91 Å². The van der Waals surface area contributed by atoms with Gasteiger partial charge in [0.2, 0.25) is 0 Å². The first-order valence-corrected chi connectivity index (χ1v) is 9.27. The second kappa shape index (κ2) is 7.96. The number of rotatable bonds is 6. The van der Waals surface area contributed by atoms with Gasteiger partial charge in [0.15, 0.2) is 6.61 Å². The van der Waals surface area contributed by atoms with Crippen LogP contribution in [-0.4, -0.2) is 23.3 Å². The van der Waals surface area contributed by atoms with Gasteiger partial charge in [-0.2, -0.15) is 5.10 Å². The van der Waals surface area contributed by atoms with Crippen LogP contribution in [0, 0.1) is 0 Å². The summed E-state index contributed by atoms with van der Waals surface area (Å²) in [5, 5.41) is 6.45. The van der Waals surface area contributed by atoms with Crippen LogP contribution in [0.4, 0.5) is 0 Å². The van der Waals surface area contributed by atoms with Crippen molar-refractivity contribution in [3.8, 4) is 5.75 Å². The molecule has 0 radical (unpaired) electrons. The van der Waals surface area contributed by atoms with E-state index in [0.29, 0.717) is 5.75 Å². The fourth-order valence-corrected chi connectivity index (χ4v) is 3.37. The van der Waals surface area contributed by atoms with E-state index in [-0.39, 0.29) is 12.5 Å². The van der Waals surface area contributed by atoms with Crippen LogP contribution >= 0.6 is 0 Å². The number of ether oxygens (including phenoxy) is 1. The average molecular weight is 371 g/mol. The molecule has 0 aliphatic rings. The minimum absolute atomic E-state index is 0.0790. The molecule has 1 heterocycles. The lowest BCUT2D eigenvalue weighted by molar-refractivity contribution is -0.123. The summed E-state index contributed by atoms with van der Waals surface area (Å²) in [4.78, 5) is 11.9. The lowest BCUT2D eigenvalue weighted by Gasteiger charge is -2.04. The number of hydrogen-bond acceptors (Lipinski definition) is 3. The van der Waals surface area contributed by atoms with E-state index in [1.807, 2.05) is 24.3 Å². The van der Waals surface area contributed by atoms with Gasteiger partial charge >= 0.3 is 0 Å². The van der Waals surface area contributed by atoms with Gasteiger partial charge in [0, 0.05) is 28.4 Å². The number of hydrazone groups is 1. The molecule has 5 heteroatoms. The van der Waals surface area contributed by atoms with Gasteiger partial charge < -0.3 is 9.30 Å². The molecule has 1 amide bonds. The average Bonchev–Trinajstić information content (AvgIpc) is 3.06. The number of carbonyl (C=O) groups excluding carboxylic acids is 1. The summed E-state index contributed by atoms with van der Waals surface area (Å²) in [7, 11) is 0. The molecule has 1 N–H and O–H groups in total. The van der Waals surface area contributed by atoms with Crippen molar-refractivity contribution in [2.75, 3.05) is 6.61 Å². The van der Waals surface area contributed by atoms with Crippen molar-refractivity contribution in [1.82, 2.24) is 9.99 Å². The molecule has 28 heavy (non-hydrogen) atoms. The molecular formula is C23H21N3O2. The van der Waals surface area contributed by atoms with Gasteiger partial charge in [-0.3, -0.25) is 4.79 Å². The molecule has 0 fully saturated rings. The quantitative estimate of drug-likeness (QED) is 0.405. The largest absolute Gasteiger partial charge is 0.484 e. The zero-order valence-electron chi connectivity index (χ0n) is 15.6. The number of aromatic nitrogens is 1. The molecule has 4 aromatic rings. The normalized spacial score (nSPS) is 11.3. The second-order valence-electron chi connectivity index (χ2n) is 6.43. The Bertz CT molecular complexity index is 1150. The first kappa shape index (κ1) is 17.8. The maximum Gasteiger partial charge on any atom is 0.277 e. The van der Waals surface area contributed by atoms with Crippen LogP contribution in [0.25, 0.3) is 21.8 Å². The fraction of sp³-hybridized carbons (Fsp3) is 0.130. The number of para-hydroxylation sites is 2. The molecule has 0 unspecified atom stereocenters. The molecule has 0 saturated carbocycles. The molecule has 0 aliphatic carbocycles. The highest BCUT2D eigenvalue weighted by atomic mass is 16.5. The van der Waals surface area contributed by atoms with Crippen molar-refractivity contribution in [3.63, 3.8) is 0 Å². The maximum absolute atomic E-state index is 11.9. The molecular weight excluding hydrogens is 350 g/mol. The zero-order valence-corrected chi connectivity index (χ0v) is 15.6. The Hall–Kier alpha value is -3.60. The van der Waals surface area contributed by atoms with E-state index in [9.17, 15) is 4.79 Å². The van der Waals surface area contributed by atoms with Crippen molar-refractivity contribution < 1.29 is 9.53 Å². The smallest absolute Gasteiger partial charge is 0.277 e. The molecule has 0 spiro atoms. The Balaban J connectivity index is 1.47. The molecule has 3 aromatic carbocycles. The molecule has 5 nitrogen and oxygen atoms in total. The summed E-state index contributed by atoms with van der Waals surface area (Å²) < 4.78 is 7.70. The predicted molar refractivity (Wildman–Crippen MR) is 113 cm³/mol. The van der Waals surface area contributed by atoms with E-state index < -0.39 is 0 Å². The molecule has 140 valence electrons. The fourth-order valence-electron chi connectivity index (χ4n) is 3.37. The first-order valence-electron chi connectivity index (χ1n) is 9.27. The zero-order chi connectivity index (χ0) is 19.3. The van der Waals surface area contributed by atoms with Crippen molar-refractivity contribution in [2.24, 2.45) is 5.10 Å². The van der Waals surface area contributed by atoms with Gasteiger partial charge in [0.1, 0.15) is 5.75 Å². The van der Waals surface area contributed by atoms with Crippen LogP contribution < -0.4 is 10.2 Å². The number of nitrogens with one attached hydrogen (secondary N) is 1. The van der Waals surface area contributed by atoms with Crippen LogP contribution in [0.5, 0.6) is 5.75 Å². The van der Waals surface area contributed by atoms with Crippen molar-refractivity contribution >= 4 is 33.9 Å². The third kappa shape index (κ3) is 3.60. The Morgan fingerprint density at radius 2 is 1.75 bits per heavy atom. The summed E-state index contributed by atoms with van der Waals surface area (Å²) in [5.41, 5.74) is 5.85. The highest BCUT2D eigenvalue weighted by Crippen LogP contribution is 2.29. The molecule has 0 bridgehead atoms. The Labute approximate surface area is 163 Å². The molecule has 0 saturated heterocycles. The maximum atomic E-state index is 11.9. The Kier molecular flexibility index (Phi) is 5.06. The minimum Gasteiger partial charge on any atom is -0.484 e. The number of benzene rings is 3. The third-order valence-corrected chi connectivity index (χ3v) is 4.63. The summed E-state index contributed by atoms with van der Waals surface area (Å²) >= 11 is 0. The van der Waals surface area contributed by atoms with Gasteiger partial charge in [0.05, 0.1) is 6.21 Å². The van der Waals surface area contributed by atoms with Gasteiger partial charge in [-0.15, -0.1) is 0 Å². The Morgan fingerprint density at radius 3 is 2.57 bits per heavy atom. The molecule has 0 atom stereocenters. The van der Waals surface area contributed by atoms with Gasteiger partial charge in [-0.25, -0.2) is 5.43 Å². The Morgan fingerprint density at radius 1 is 1.00 bits per heavy atom. The number of amides is 1. The van der Waals surface area contributed by atoms with Crippen LogP contribution in [0.1, 0.15) is 12.5 Å². The summed E-state index contributed by atoms with van der Waals surface area (Å²) in [6, 6.07) is 23.8. The number of fused-ring (bicyclic) bond motifs is 3. The van der Waals surface area contributed by atoms with Crippen molar-refractivity contribution in [1.29, 1.82) is 0 Å². The monoisotopic (exact) mass is 371 g/mol. The van der Waals surface area contributed by atoms with Crippen molar-refractivity contribution in [2.45, 2.75) is 13.5 Å². The van der Waals surface area contributed by atoms with E-state index >= 15 is 0 Å². The molecule has 1 aromatic heterocycles. The molecule has 0 aliphatic heterocycles. The third-order valence-electron chi connectivity index (χ3n) is 4.63. The summed E-state index contributed by atoms with van der Waals surface area (Å²) in [6.45, 7) is 2.98. The summed E-state index contributed by atoms with van der Waals surface area (Å²) in [5.74, 6) is 0.350. The van der Waals surface area contributed by atoms with Crippen LogP contribution in [-0.2, 0) is 11.3 Å². The van der Waals surface area contributed by atoms with Crippen LogP contribution in [0.2, 0.25) is 0 Å². The van der Waals surface area contributed by atoms with E-state index in [4.69, 9.17) is 4.74 Å². The predicted octanol–water partition coefficient (Wildman–Crippen LogP) is 4.34. The van der Waals surface area contributed by atoms with E-state index in [1.165, 1.54) is 21.8 Å². The number of carbonyl (C=O) groups is 1. The standard InChI is InChI=1S/C23H21N3O2/c1-2-26-21-11-7-6-10-19(21)20-14-17(12-13-22(20)26)15-24-25-23(27)16-28-18-8-4-3-5-9-18/h3-15H,2,16H2,1H3,(H,25,27)/b24-15-. The van der Waals surface area contributed by atoms with Gasteiger partial charge in [-0.05, 0) is 42.8 Å². The first-order chi connectivity index (χ1) is 13.8. The number of nitrogens with zero attached hydrogens (tertiary/aromatic N) is 2. The van der Waals surface area contributed by atoms with E-state index in [2.05, 4.69) is 58.4 Å². The topological polar surface area (TPSA) is 55.6 Å². The summed E-state index contributed by atoms with van der Waals surface area (Å²) in [6.07, 6.45) is 1.65. The van der Waals surface area contributed by atoms with Gasteiger partial charge in [-0.1, -0.05) is 42.5 Å². The lowest BCUT2D eigenvalue weighted by Crippen LogP contribution is -2.24. The van der Waals surface area contributed by atoms with E-state index in [1.54, 1.807) is 18.3 Å². The second-order valence-corrected chi connectivity index (χ2v) is 6.43.